The third-order valence-corrected chi connectivity index (χ3v) is 7.53. The molecule has 47 heavy (non-hydrogen) atoms. The van der Waals surface area contributed by atoms with Crippen LogP contribution >= 0.6 is 11.6 Å². The number of nitrogens with zero attached hydrogens (tertiary/aromatic N) is 1. The van der Waals surface area contributed by atoms with Gasteiger partial charge in [-0.2, -0.15) is 0 Å². The van der Waals surface area contributed by atoms with Crippen molar-refractivity contribution in [1.82, 2.24) is 20.9 Å². The lowest BCUT2D eigenvalue weighted by molar-refractivity contribution is -0.136. The first-order valence-electron chi connectivity index (χ1n) is 15.5. The first kappa shape index (κ1) is 35.1. The van der Waals surface area contributed by atoms with E-state index < -0.39 is 42.3 Å². The summed E-state index contributed by atoms with van der Waals surface area (Å²) in [5.74, 6) is -0.138. The zero-order chi connectivity index (χ0) is 33.9. The molecule has 250 valence electrons. The van der Waals surface area contributed by atoms with Crippen molar-refractivity contribution in [3.05, 3.63) is 83.4 Å². The molecule has 0 fully saturated rings. The Kier molecular flexibility index (Phi) is 12.5. The molecule has 1 heterocycles. The number of halogens is 1. The Morgan fingerprint density at radius 1 is 1.00 bits per heavy atom. The zero-order valence-electron chi connectivity index (χ0n) is 27.0. The third-order valence-electron chi connectivity index (χ3n) is 7.29. The van der Waals surface area contributed by atoms with E-state index in [9.17, 15) is 19.2 Å². The van der Waals surface area contributed by atoms with E-state index in [0.717, 1.165) is 0 Å². The van der Waals surface area contributed by atoms with Crippen LogP contribution in [-0.4, -0.2) is 73.5 Å². The topological polar surface area (TPSA) is 135 Å². The van der Waals surface area contributed by atoms with Crippen LogP contribution in [0, 0.1) is 5.92 Å². The third kappa shape index (κ3) is 10.4. The first-order chi connectivity index (χ1) is 22.5. The average molecular weight is 665 g/mol. The number of ether oxygens (including phenoxy) is 3. The van der Waals surface area contributed by atoms with Crippen LogP contribution in [0.1, 0.15) is 44.0 Å². The second-order valence-corrected chi connectivity index (χ2v) is 12.2. The summed E-state index contributed by atoms with van der Waals surface area (Å²) in [4.78, 5) is 55.0. The second-order valence-electron chi connectivity index (χ2n) is 11.8. The van der Waals surface area contributed by atoms with Gasteiger partial charge in [0, 0.05) is 12.1 Å². The highest BCUT2D eigenvalue weighted by atomic mass is 35.5. The van der Waals surface area contributed by atoms with E-state index in [0.29, 0.717) is 34.4 Å². The molecule has 0 spiro atoms. The van der Waals surface area contributed by atoms with E-state index >= 15 is 0 Å². The average Bonchev–Trinajstić information content (AvgIpc) is 3.03. The molecule has 1 aliphatic rings. The van der Waals surface area contributed by atoms with Gasteiger partial charge < -0.3 is 35.1 Å². The Bertz CT molecular complexity index is 1570. The maximum atomic E-state index is 13.6. The molecule has 1 aliphatic heterocycles. The lowest BCUT2D eigenvalue weighted by Gasteiger charge is -2.27. The number of amides is 4. The molecule has 0 aromatic heterocycles. The monoisotopic (exact) mass is 664 g/mol. The SMILES string of the molecule is CC(C)C[C@@H]1NC(=O)C[C@@H](C(=O)N[C@H](C)COc2ccccc2Oc2cccc(Cl)c2)NC(=O)c2ccccc2OCCN(C)C1=O. The van der Waals surface area contributed by atoms with Crippen molar-refractivity contribution >= 4 is 35.2 Å². The Balaban J connectivity index is 1.49. The lowest BCUT2D eigenvalue weighted by Crippen LogP contribution is -2.54. The van der Waals surface area contributed by atoms with Crippen molar-refractivity contribution in [1.29, 1.82) is 0 Å². The van der Waals surface area contributed by atoms with Gasteiger partial charge in [-0.05, 0) is 61.7 Å². The molecule has 0 radical (unpaired) electrons. The number of carbonyl (C=O) groups excluding carboxylic acids is 4. The summed E-state index contributed by atoms with van der Waals surface area (Å²) in [6, 6.07) is 18.1. The van der Waals surface area contributed by atoms with E-state index in [-0.39, 0.29) is 37.1 Å². The summed E-state index contributed by atoms with van der Waals surface area (Å²) in [6.45, 7) is 6.08. The predicted octanol–water partition coefficient (Wildman–Crippen LogP) is 4.59. The minimum Gasteiger partial charge on any atom is -0.491 e. The molecule has 3 atom stereocenters. The highest BCUT2D eigenvalue weighted by Gasteiger charge is 2.30. The molecule has 11 nitrogen and oxygen atoms in total. The van der Waals surface area contributed by atoms with Gasteiger partial charge in [0.05, 0.1) is 24.6 Å². The number of hydrogen-bond donors (Lipinski definition) is 3. The highest BCUT2D eigenvalue weighted by molar-refractivity contribution is 6.30. The fourth-order valence-electron chi connectivity index (χ4n) is 4.94. The largest absolute Gasteiger partial charge is 0.491 e. The summed E-state index contributed by atoms with van der Waals surface area (Å²) in [7, 11) is 1.64. The number of carbonyl (C=O) groups is 4. The van der Waals surface area contributed by atoms with Crippen LogP contribution in [0.15, 0.2) is 72.8 Å². The summed E-state index contributed by atoms with van der Waals surface area (Å²) < 4.78 is 17.8. The van der Waals surface area contributed by atoms with Crippen molar-refractivity contribution in [3.8, 4) is 23.0 Å². The Morgan fingerprint density at radius 3 is 2.47 bits per heavy atom. The van der Waals surface area contributed by atoms with E-state index in [2.05, 4.69) is 16.0 Å². The highest BCUT2D eigenvalue weighted by Crippen LogP contribution is 2.32. The Morgan fingerprint density at radius 2 is 1.72 bits per heavy atom. The van der Waals surface area contributed by atoms with E-state index in [1.165, 1.54) is 4.90 Å². The van der Waals surface area contributed by atoms with Gasteiger partial charge in [0.1, 0.15) is 36.8 Å². The molecule has 0 saturated heterocycles. The smallest absolute Gasteiger partial charge is 0.255 e. The summed E-state index contributed by atoms with van der Waals surface area (Å²) in [5.41, 5.74) is 0.196. The van der Waals surface area contributed by atoms with Crippen LogP contribution in [0.2, 0.25) is 5.02 Å². The van der Waals surface area contributed by atoms with Crippen LogP contribution < -0.4 is 30.2 Å². The molecule has 12 heteroatoms. The molecule has 0 aliphatic carbocycles. The van der Waals surface area contributed by atoms with Crippen LogP contribution in [-0.2, 0) is 14.4 Å². The van der Waals surface area contributed by atoms with E-state index in [1.807, 2.05) is 13.8 Å². The van der Waals surface area contributed by atoms with Gasteiger partial charge >= 0.3 is 0 Å². The Labute approximate surface area is 279 Å². The van der Waals surface area contributed by atoms with Gasteiger partial charge in [0.15, 0.2) is 11.5 Å². The molecule has 4 rings (SSSR count). The molecular formula is C35H41ClN4O7. The van der Waals surface area contributed by atoms with Crippen LogP contribution in [0.4, 0.5) is 0 Å². The number of rotatable bonds is 9. The quantitative estimate of drug-likeness (QED) is 0.305. The molecule has 3 aromatic carbocycles. The van der Waals surface area contributed by atoms with Crippen LogP contribution in [0.25, 0.3) is 0 Å². The number of fused-ring (bicyclic) bond motifs is 1. The summed E-state index contributed by atoms with van der Waals surface area (Å²) in [6.07, 6.45) is 0.00870. The number of para-hydroxylation sites is 3. The van der Waals surface area contributed by atoms with Gasteiger partial charge in [0.25, 0.3) is 5.91 Å². The fraction of sp³-hybridized carbons (Fsp3) is 0.371. The van der Waals surface area contributed by atoms with Gasteiger partial charge in [-0.15, -0.1) is 0 Å². The fourth-order valence-corrected chi connectivity index (χ4v) is 5.12. The first-order valence-corrected chi connectivity index (χ1v) is 15.9. The standard InChI is InChI=1S/C35H41ClN4O7/c1-22(2)18-28-35(44)40(4)16-17-45-29-13-6-5-12-26(29)33(42)39-27(20-32(41)38-28)34(43)37-23(3)21-46-30-14-7-8-15-31(30)47-25-11-9-10-24(36)19-25/h5-15,19,22-23,27-28H,16-18,20-21H2,1-4H3,(H,37,43)(H,38,41)(H,39,42)/t23-,27+,28+/m1/s1. The minimum atomic E-state index is -1.26. The molecule has 3 aromatic rings. The number of nitrogens with one attached hydrogen (secondary N) is 3. The number of hydrogen-bond acceptors (Lipinski definition) is 7. The van der Waals surface area contributed by atoms with Gasteiger partial charge in [-0.1, -0.05) is 55.8 Å². The Hall–Kier alpha value is -4.77. The zero-order valence-corrected chi connectivity index (χ0v) is 27.7. The van der Waals surface area contributed by atoms with Crippen molar-refractivity contribution in [2.45, 2.75) is 51.7 Å². The lowest BCUT2D eigenvalue weighted by atomic mass is 10.0. The van der Waals surface area contributed by atoms with Crippen molar-refractivity contribution < 1.29 is 33.4 Å². The molecule has 4 amide bonds. The number of likely N-dealkylation sites (N-methyl/N-ethyl adjacent to an activating group) is 1. The van der Waals surface area contributed by atoms with Gasteiger partial charge in [-0.3, -0.25) is 19.2 Å². The van der Waals surface area contributed by atoms with Gasteiger partial charge in [-0.25, -0.2) is 0 Å². The van der Waals surface area contributed by atoms with Crippen molar-refractivity contribution in [2.24, 2.45) is 5.92 Å². The van der Waals surface area contributed by atoms with E-state index in [4.69, 9.17) is 25.8 Å². The maximum Gasteiger partial charge on any atom is 0.255 e. The number of benzene rings is 3. The normalized spacial score (nSPS) is 18.2. The molecule has 0 unspecified atom stereocenters. The van der Waals surface area contributed by atoms with Crippen LogP contribution in [0.3, 0.4) is 0 Å². The predicted molar refractivity (Wildman–Crippen MR) is 178 cm³/mol. The maximum absolute atomic E-state index is 13.6. The minimum absolute atomic E-state index is 0.0580. The van der Waals surface area contributed by atoms with Gasteiger partial charge in [0.2, 0.25) is 17.7 Å². The molecule has 0 bridgehead atoms. The van der Waals surface area contributed by atoms with Crippen molar-refractivity contribution in [3.63, 3.8) is 0 Å². The molecular weight excluding hydrogens is 624 g/mol. The summed E-state index contributed by atoms with van der Waals surface area (Å²) >= 11 is 6.09. The molecule has 0 saturated carbocycles. The molecule has 3 N–H and O–H groups in total. The van der Waals surface area contributed by atoms with Crippen molar-refractivity contribution in [2.75, 3.05) is 26.8 Å². The van der Waals surface area contributed by atoms with E-state index in [1.54, 1.807) is 86.8 Å². The summed E-state index contributed by atoms with van der Waals surface area (Å²) in [5, 5.41) is 8.84. The van der Waals surface area contributed by atoms with Crippen LogP contribution in [0.5, 0.6) is 23.0 Å². The second kappa shape index (κ2) is 16.7.